The lowest BCUT2D eigenvalue weighted by atomic mass is 9.98. The lowest BCUT2D eigenvalue weighted by Crippen LogP contribution is -2.39. The van der Waals surface area contributed by atoms with E-state index in [-0.39, 0.29) is 6.10 Å². The fourth-order valence-electron chi connectivity index (χ4n) is 2.91. The van der Waals surface area contributed by atoms with Gasteiger partial charge in [0.25, 0.3) is 0 Å². The topological polar surface area (TPSA) is 21.7 Å². The van der Waals surface area contributed by atoms with Crippen LogP contribution < -0.4 is 0 Å². The van der Waals surface area contributed by atoms with E-state index in [1.807, 2.05) is 6.07 Å². The Bertz CT molecular complexity index is 353. The molecule has 2 unspecified atom stereocenters. The number of nitrogens with zero attached hydrogens (tertiary/aromatic N) is 1. The van der Waals surface area contributed by atoms with Crippen molar-refractivity contribution >= 4 is 0 Å². The van der Waals surface area contributed by atoms with Gasteiger partial charge in [0, 0.05) is 27.3 Å². The fraction of sp³-hybridized carbons (Fsp3) is 0.625. The van der Waals surface area contributed by atoms with Crippen molar-refractivity contribution in [2.75, 3.05) is 40.5 Å². The Balaban J connectivity index is 1.91. The molecule has 0 amide bonds. The maximum Gasteiger partial charge on any atom is 0.0947 e. The summed E-state index contributed by atoms with van der Waals surface area (Å²) in [5.41, 5.74) is 1.26. The second-order valence-electron chi connectivity index (χ2n) is 5.36. The van der Waals surface area contributed by atoms with Gasteiger partial charge in [-0.25, -0.2) is 0 Å². The van der Waals surface area contributed by atoms with E-state index in [9.17, 15) is 0 Å². The highest BCUT2D eigenvalue weighted by Gasteiger charge is 2.22. The minimum absolute atomic E-state index is 0.169. The molecule has 0 radical (unpaired) electrons. The van der Waals surface area contributed by atoms with Gasteiger partial charge in [0.1, 0.15) is 0 Å². The number of ether oxygens (including phenoxy) is 2. The highest BCUT2D eigenvalue weighted by molar-refractivity contribution is 5.17. The summed E-state index contributed by atoms with van der Waals surface area (Å²) in [4.78, 5) is 2.51. The normalized spacial score (nSPS) is 22.3. The molecule has 3 nitrogen and oxygen atoms in total. The quantitative estimate of drug-likeness (QED) is 0.787. The van der Waals surface area contributed by atoms with E-state index in [4.69, 9.17) is 9.47 Å². The molecule has 0 bridgehead atoms. The summed E-state index contributed by atoms with van der Waals surface area (Å²) in [7, 11) is 3.59. The van der Waals surface area contributed by atoms with Crippen molar-refractivity contribution in [2.45, 2.75) is 18.9 Å². The number of rotatable bonds is 6. The first kappa shape index (κ1) is 14.5. The molecule has 0 aromatic heterocycles. The lowest BCUT2D eigenvalue weighted by molar-refractivity contribution is 0.0335. The molecular formula is C16H25NO2. The summed E-state index contributed by atoms with van der Waals surface area (Å²) in [6.45, 7) is 4.15. The third-order valence-corrected chi connectivity index (χ3v) is 3.89. The van der Waals surface area contributed by atoms with Gasteiger partial charge < -0.3 is 14.4 Å². The van der Waals surface area contributed by atoms with Crippen molar-refractivity contribution < 1.29 is 9.47 Å². The maximum atomic E-state index is 5.66. The summed E-state index contributed by atoms with van der Waals surface area (Å²) in [6, 6.07) is 10.5. The molecule has 1 fully saturated rings. The van der Waals surface area contributed by atoms with E-state index < -0.39 is 0 Å². The van der Waals surface area contributed by atoms with Gasteiger partial charge in [-0.05, 0) is 30.9 Å². The summed E-state index contributed by atoms with van der Waals surface area (Å²) in [5, 5.41) is 0. The van der Waals surface area contributed by atoms with Crippen molar-refractivity contribution in [2.24, 2.45) is 5.92 Å². The molecule has 1 aliphatic heterocycles. The number of piperidine rings is 1. The minimum atomic E-state index is 0.169. The van der Waals surface area contributed by atoms with Gasteiger partial charge in [-0.2, -0.15) is 0 Å². The van der Waals surface area contributed by atoms with Crippen molar-refractivity contribution in [3.8, 4) is 0 Å². The summed E-state index contributed by atoms with van der Waals surface area (Å²) < 4.78 is 10.9. The molecular weight excluding hydrogens is 238 g/mol. The Kier molecular flexibility index (Phi) is 5.83. The molecule has 1 saturated heterocycles. The van der Waals surface area contributed by atoms with Crippen LogP contribution in [0.5, 0.6) is 0 Å². The van der Waals surface area contributed by atoms with Gasteiger partial charge in [0.15, 0.2) is 0 Å². The standard InChI is InChI=1S/C16H25NO2/c1-18-13-14-7-6-10-17(11-14)12-16(19-2)15-8-4-3-5-9-15/h3-5,8-9,14,16H,6-7,10-13H2,1-2H3. The molecule has 19 heavy (non-hydrogen) atoms. The van der Waals surface area contributed by atoms with Crippen LogP contribution in [-0.4, -0.2) is 45.4 Å². The molecule has 0 aliphatic carbocycles. The average Bonchev–Trinajstić information content (AvgIpc) is 2.46. The van der Waals surface area contributed by atoms with E-state index in [1.165, 1.54) is 24.9 Å². The molecule has 0 saturated carbocycles. The SMILES string of the molecule is COCC1CCCN(CC(OC)c2ccccc2)C1. The van der Waals surface area contributed by atoms with Gasteiger partial charge >= 0.3 is 0 Å². The van der Waals surface area contributed by atoms with Crippen LogP contribution in [0, 0.1) is 5.92 Å². The van der Waals surface area contributed by atoms with E-state index in [2.05, 4.69) is 29.2 Å². The number of methoxy groups -OCH3 is 2. The highest BCUT2D eigenvalue weighted by Crippen LogP contribution is 2.22. The molecule has 0 N–H and O–H groups in total. The second kappa shape index (κ2) is 7.63. The zero-order valence-electron chi connectivity index (χ0n) is 12.0. The molecule has 106 valence electrons. The Labute approximate surface area is 116 Å². The third kappa shape index (κ3) is 4.30. The van der Waals surface area contributed by atoms with Crippen LogP contribution >= 0.6 is 0 Å². The van der Waals surface area contributed by atoms with E-state index >= 15 is 0 Å². The van der Waals surface area contributed by atoms with E-state index in [1.54, 1.807) is 14.2 Å². The molecule has 1 aromatic rings. The van der Waals surface area contributed by atoms with E-state index in [0.29, 0.717) is 5.92 Å². The van der Waals surface area contributed by atoms with E-state index in [0.717, 1.165) is 19.7 Å². The maximum absolute atomic E-state index is 5.66. The van der Waals surface area contributed by atoms with Crippen molar-refractivity contribution in [1.82, 2.24) is 4.90 Å². The fourth-order valence-corrected chi connectivity index (χ4v) is 2.91. The minimum Gasteiger partial charge on any atom is -0.384 e. The Morgan fingerprint density at radius 1 is 1.26 bits per heavy atom. The van der Waals surface area contributed by atoms with Gasteiger partial charge in [-0.3, -0.25) is 0 Å². The largest absolute Gasteiger partial charge is 0.384 e. The Morgan fingerprint density at radius 2 is 2.05 bits per heavy atom. The highest BCUT2D eigenvalue weighted by atomic mass is 16.5. The van der Waals surface area contributed by atoms with Crippen LogP contribution in [-0.2, 0) is 9.47 Å². The predicted molar refractivity (Wildman–Crippen MR) is 77.2 cm³/mol. The zero-order chi connectivity index (χ0) is 13.5. The number of hydrogen-bond acceptors (Lipinski definition) is 3. The predicted octanol–water partition coefficient (Wildman–Crippen LogP) is 2.73. The smallest absolute Gasteiger partial charge is 0.0947 e. The van der Waals surface area contributed by atoms with Crippen LogP contribution in [0.1, 0.15) is 24.5 Å². The Morgan fingerprint density at radius 3 is 2.74 bits per heavy atom. The second-order valence-corrected chi connectivity index (χ2v) is 5.36. The van der Waals surface area contributed by atoms with Crippen LogP contribution in [0.4, 0.5) is 0 Å². The molecule has 1 aliphatic rings. The summed E-state index contributed by atoms with van der Waals surface area (Å²) in [6.07, 6.45) is 2.72. The number of hydrogen-bond donors (Lipinski definition) is 0. The van der Waals surface area contributed by atoms with Crippen LogP contribution in [0.3, 0.4) is 0 Å². The first-order valence-corrected chi connectivity index (χ1v) is 7.12. The Hall–Kier alpha value is -0.900. The first-order chi connectivity index (χ1) is 9.33. The average molecular weight is 263 g/mol. The third-order valence-electron chi connectivity index (χ3n) is 3.89. The molecule has 2 rings (SSSR count). The van der Waals surface area contributed by atoms with Crippen molar-refractivity contribution in [1.29, 1.82) is 0 Å². The van der Waals surface area contributed by atoms with Gasteiger partial charge in [-0.15, -0.1) is 0 Å². The van der Waals surface area contributed by atoms with Crippen LogP contribution in [0.2, 0.25) is 0 Å². The van der Waals surface area contributed by atoms with Crippen LogP contribution in [0.15, 0.2) is 30.3 Å². The van der Waals surface area contributed by atoms with Gasteiger partial charge in [0.2, 0.25) is 0 Å². The molecule has 0 spiro atoms. The van der Waals surface area contributed by atoms with Gasteiger partial charge in [0.05, 0.1) is 12.7 Å². The molecule has 1 aromatic carbocycles. The van der Waals surface area contributed by atoms with Crippen molar-refractivity contribution in [3.63, 3.8) is 0 Å². The number of benzene rings is 1. The molecule has 1 heterocycles. The summed E-state index contributed by atoms with van der Waals surface area (Å²) in [5.74, 6) is 0.673. The molecule has 3 heteroatoms. The summed E-state index contributed by atoms with van der Waals surface area (Å²) >= 11 is 0. The number of likely N-dealkylation sites (tertiary alicyclic amines) is 1. The monoisotopic (exact) mass is 263 g/mol. The van der Waals surface area contributed by atoms with Crippen molar-refractivity contribution in [3.05, 3.63) is 35.9 Å². The van der Waals surface area contributed by atoms with Gasteiger partial charge in [-0.1, -0.05) is 30.3 Å². The molecule has 2 atom stereocenters. The van der Waals surface area contributed by atoms with Crippen LogP contribution in [0.25, 0.3) is 0 Å². The lowest BCUT2D eigenvalue weighted by Gasteiger charge is -2.34. The zero-order valence-corrected chi connectivity index (χ0v) is 12.0. The first-order valence-electron chi connectivity index (χ1n) is 7.12.